The molecule has 2 aromatic heterocycles. The number of aryl methyl sites for hydroxylation is 2. The van der Waals surface area contributed by atoms with Crippen molar-refractivity contribution in [3.8, 4) is 5.95 Å². The quantitative estimate of drug-likeness (QED) is 0.870. The first-order valence-electron chi connectivity index (χ1n) is 6.20. The molecule has 0 atom stereocenters. The summed E-state index contributed by atoms with van der Waals surface area (Å²) in [5.41, 5.74) is 7.47. The van der Waals surface area contributed by atoms with Gasteiger partial charge in [0.15, 0.2) is 26.4 Å². The highest BCUT2D eigenvalue weighted by molar-refractivity contribution is 7.91. The molecule has 0 aliphatic carbocycles. The molecular formula is C12H18N6O2S. The van der Waals surface area contributed by atoms with E-state index in [1.165, 1.54) is 4.68 Å². The number of anilines is 2. The van der Waals surface area contributed by atoms with Gasteiger partial charge in [-0.3, -0.25) is 0 Å². The number of hydrogen-bond donors (Lipinski definition) is 1. The van der Waals surface area contributed by atoms with Crippen molar-refractivity contribution in [3.05, 3.63) is 17.5 Å². The molecule has 0 radical (unpaired) electrons. The van der Waals surface area contributed by atoms with Crippen LogP contribution >= 0.6 is 0 Å². The molecular weight excluding hydrogens is 292 g/mol. The monoisotopic (exact) mass is 310 g/mol. The lowest BCUT2D eigenvalue weighted by Gasteiger charge is -2.09. The van der Waals surface area contributed by atoms with E-state index in [2.05, 4.69) is 15.1 Å². The van der Waals surface area contributed by atoms with Crippen LogP contribution in [0, 0.1) is 13.8 Å². The summed E-state index contributed by atoms with van der Waals surface area (Å²) in [7, 11) is -0.127. The Morgan fingerprint density at radius 1 is 1.19 bits per heavy atom. The number of sulfone groups is 1. The van der Waals surface area contributed by atoms with Crippen molar-refractivity contribution in [3.63, 3.8) is 0 Å². The second-order valence-corrected chi connectivity index (χ2v) is 7.02. The standard InChI is InChI=1S/C12H18N6O2S/c1-7-6-8(2)15-12(14-7)18-10(13)9(21(5,19)20)11(16-18)17(3)4/h6H,13H2,1-5H3. The molecule has 0 spiro atoms. The molecule has 0 aromatic carbocycles. The molecule has 0 aliphatic rings. The summed E-state index contributed by atoms with van der Waals surface area (Å²) in [6.45, 7) is 3.64. The van der Waals surface area contributed by atoms with Crippen LogP contribution in [-0.2, 0) is 9.84 Å². The van der Waals surface area contributed by atoms with Crippen LogP contribution in [-0.4, -0.2) is 48.5 Å². The minimum atomic E-state index is -3.52. The van der Waals surface area contributed by atoms with Crippen molar-refractivity contribution in [2.75, 3.05) is 31.0 Å². The van der Waals surface area contributed by atoms with Crippen LogP contribution in [0.3, 0.4) is 0 Å². The Labute approximate surface area is 123 Å². The van der Waals surface area contributed by atoms with E-state index in [4.69, 9.17) is 5.73 Å². The Kier molecular flexibility index (Phi) is 3.62. The molecule has 0 unspecified atom stereocenters. The molecule has 114 valence electrons. The fraction of sp³-hybridized carbons (Fsp3) is 0.417. The van der Waals surface area contributed by atoms with Crippen molar-refractivity contribution in [2.24, 2.45) is 0 Å². The third-order valence-corrected chi connectivity index (χ3v) is 3.95. The van der Waals surface area contributed by atoms with Crippen molar-refractivity contribution >= 4 is 21.5 Å². The van der Waals surface area contributed by atoms with Gasteiger partial charge in [0.2, 0.25) is 0 Å². The van der Waals surface area contributed by atoms with Gasteiger partial charge < -0.3 is 10.6 Å². The second-order valence-electron chi connectivity index (χ2n) is 5.07. The topological polar surface area (TPSA) is 107 Å². The Morgan fingerprint density at radius 3 is 2.10 bits per heavy atom. The summed E-state index contributed by atoms with van der Waals surface area (Å²) in [5, 5.41) is 4.24. The first kappa shape index (κ1) is 15.2. The fourth-order valence-corrected chi connectivity index (χ4v) is 3.03. The highest BCUT2D eigenvalue weighted by Crippen LogP contribution is 2.30. The number of nitrogens with zero attached hydrogens (tertiary/aromatic N) is 5. The van der Waals surface area contributed by atoms with Crippen molar-refractivity contribution in [2.45, 2.75) is 18.7 Å². The van der Waals surface area contributed by atoms with E-state index in [1.807, 2.05) is 19.9 Å². The molecule has 9 heteroatoms. The van der Waals surface area contributed by atoms with E-state index in [-0.39, 0.29) is 22.5 Å². The average molecular weight is 310 g/mol. The summed E-state index contributed by atoms with van der Waals surface area (Å²) in [4.78, 5) is 10.1. The summed E-state index contributed by atoms with van der Waals surface area (Å²) < 4.78 is 25.2. The molecule has 2 aromatic rings. The fourth-order valence-electron chi connectivity index (χ4n) is 2.01. The van der Waals surface area contributed by atoms with E-state index in [0.29, 0.717) is 0 Å². The lowest BCUT2D eigenvalue weighted by molar-refractivity contribution is 0.602. The molecule has 2 N–H and O–H groups in total. The Bertz CT molecular complexity index is 774. The number of rotatable bonds is 3. The normalized spacial score (nSPS) is 11.7. The zero-order chi connectivity index (χ0) is 15.9. The van der Waals surface area contributed by atoms with Gasteiger partial charge >= 0.3 is 0 Å². The molecule has 0 amide bonds. The molecule has 8 nitrogen and oxygen atoms in total. The first-order chi connectivity index (χ1) is 9.61. The van der Waals surface area contributed by atoms with Gasteiger partial charge in [0.1, 0.15) is 0 Å². The summed E-state index contributed by atoms with van der Waals surface area (Å²) in [5.74, 6) is 0.520. The van der Waals surface area contributed by atoms with Crippen LogP contribution in [0.15, 0.2) is 11.0 Å². The van der Waals surface area contributed by atoms with Crippen LogP contribution in [0.2, 0.25) is 0 Å². The van der Waals surface area contributed by atoms with Crippen LogP contribution in [0.25, 0.3) is 5.95 Å². The molecule has 21 heavy (non-hydrogen) atoms. The zero-order valence-corrected chi connectivity index (χ0v) is 13.4. The molecule has 0 aliphatic heterocycles. The van der Waals surface area contributed by atoms with Gasteiger partial charge in [-0.15, -0.1) is 5.10 Å². The minimum Gasteiger partial charge on any atom is -0.382 e. The highest BCUT2D eigenvalue weighted by Gasteiger charge is 2.26. The third kappa shape index (κ3) is 2.82. The van der Waals surface area contributed by atoms with Crippen LogP contribution in [0.1, 0.15) is 11.4 Å². The third-order valence-electron chi connectivity index (χ3n) is 2.81. The van der Waals surface area contributed by atoms with Crippen LogP contribution < -0.4 is 10.6 Å². The van der Waals surface area contributed by atoms with Gasteiger partial charge in [-0.05, 0) is 19.9 Å². The molecule has 0 saturated carbocycles. The van der Waals surface area contributed by atoms with Crippen molar-refractivity contribution in [1.29, 1.82) is 0 Å². The molecule has 0 saturated heterocycles. The maximum atomic E-state index is 12.0. The maximum absolute atomic E-state index is 12.0. The lowest BCUT2D eigenvalue weighted by atomic mass is 10.4. The number of nitrogen functional groups attached to an aromatic ring is 1. The summed E-state index contributed by atoms with van der Waals surface area (Å²) in [6.07, 6.45) is 1.10. The number of hydrogen-bond acceptors (Lipinski definition) is 7. The van der Waals surface area contributed by atoms with Gasteiger partial charge in [-0.2, -0.15) is 4.68 Å². The van der Waals surface area contributed by atoms with Crippen molar-refractivity contribution < 1.29 is 8.42 Å². The first-order valence-corrected chi connectivity index (χ1v) is 8.09. The van der Waals surface area contributed by atoms with Crippen molar-refractivity contribution in [1.82, 2.24) is 19.7 Å². The lowest BCUT2D eigenvalue weighted by Crippen LogP contribution is -2.13. The van der Waals surface area contributed by atoms with Crippen LogP contribution in [0.5, 0.6) is 0 Å². The molecule has 0 bridgehead atoms. The van der Waals surface area contributed by atoms with E-state index >= 15 is 0 Å². The molecule has 2 heterocycles. The summed E-state index contributed by atoms with van der Waals surface area (Å²) in [6, 6.07) is 1.81. The second kappa shape index (κ2) is 4.99. The Balaban J connectivity index is 2.77. The van der Waals surface area contributed by atoms with Gasteiger partial charge in [-0.25, -0.2) is 18.4 Å². The van der Waals surface area contributed by atoms with E-state index in [0.717, 1.165) is 17.6 Å². The van der Waals surface area contributed by atoms with Gasteiger partial charge in [0.05, 0.1) is 0 Å². The van der Waals surface area contributed by atoms with E-state index in [1.54, 1.807) is 19.0 Å². The van der Waals surface area contributed by atoms with Gasteiger partial charge in [0, 0.05) is 31.7 Å². The molecule has 0 fully saturated rings. The SMILES string of the molecule is Cc1cc(C)nc(-n2nc(N(C)C)c(S(C)(=O)=O)c2N)n1. The predicted molar refractivity (Wildman–Crippen MR) is 80.5 cm³/mol. The predicted octanol–water partition coefficient (Wildman–Crippen LogP) is 0.331. The number of aromatic nitrogens is 4. The Hall–Kier alpha value is -2.16. The molecule has 2 rings (SSSR count). The van der Waals surface area contributed by atoms with Crippen LogP contribution in [0.4, 0.5) is 11.6 Å². The van der Waals surface area contributed by atoms with E-state index < -0.39 is 9.84 Å². The zero-order valence-electron chi connectivity index (χ0n) is 12.6. The largest absolute Gasteiger partial charge is 0.382 e. The minimum absolute atomic E-state index is 0.00574. The summed E-state index contributed by atoms with van der Waals surface area (Å²) >= 11 is 0. The Morgan fingerprint density at radius 2 is 1.71 bits per heavy atom. The average Bonchev–Trinajstić information content (AvgIpc) is 2.65. The van der Waals surface area contributed by atoms with Gasteiger partial charge in [-0.1, -0.05) is 0 Å². The number of nitrogens with two attached hydrogens (primary N) is 1. The smallest absolute Gasteiger partial charge is 0.253 e. The van der Waals surface area contributed by atoms with E-state index in [9.17, 15) is 8.42 Å². The maximum Gasteiger partial charge on any atom is 0.253 e. The van der Waals surface area contributed by atoms with Gasteiger partial charge in [0.25, 0.3) is 5.95 Å². The highest BCUT2D eigenvalue weighted by atomic mass is 32.2.